The molecule has 2 aromatic heterocycles. The van der Waals surface area contributed by atoms with Gasteiger partial charge in [-0.25, -0.2) is 4.98 Å². The standard InChI is InChI=1S/C8H7ClN4/c1-6-4-7(9)8(10-5-6)13-11-2-3-12-13/h2-5H,1H3. The van der Waals surface area contributed by atoms with Gasteiger partial charge in [-0.05, 0) is 18.6 Å². The second-order valence-electron chi connectivity index (χ2n) is 2.64. The van der Waals surface area contributed by atoms with E-state index in [0.29, 0.717) is 10.8 Å². The molecule has 0 saturated carbocycles. The van der Waals surface area contributed by atoms with Crippen LogP contribution in [0.25, 0.3) is 5.82 Å². The van der Waals surface area contributed by atoms with Crippen molar-refractivity contribution in [1.29, 1.82) is 0 Å². The molecule has 4 nitrogen and oxygen atoms in total. The average molecular weight is 195 g/mol. The van der Waals surface area contributed by atoms with Gasteiger partial charge in [-0.15, -0.1) is 4.80 Å². The summed E-state index contributed by atoms with van der Waals surface area (Å²) >= 11 is 5.96. The number of pyridine rings is 1. The highest BCUT2D eigenvalue weighted by Crippen LogP contribution is 2.16. The molecule has 2 heterocycles. The van der Waals surface area contributed by atoms with E-state index in [4.69, 9.17) is 11.6 Å². The summed E-state index contributed by atoms with van der Waals surface area (Å²) in [6.45, 7) is 1.93. The van der Waals surface area contributed by atoms with Crippen molar-refractivity contribution in [2.75, 3.05) is 0 Å². The van der Waals surface area contributed by atoms with E-state index in [2.05, 4.69) is 15.2 Å². The highest BCUT2D eigenvalue weighted by atomic mass is 35.5. The van der Waals surface area contributed by atoms with Crippen LogP contribution in [-0.2, 0) is 0 Å². The first-order valence-corrected chi connectivity index (χ1v) is 4.14. The van der Waals surface area contributed by atoms with Crippen molar-refractivity contribution in [2.24, 2.45) is 0 Å². The van der Waals surface area contributed by atoms with Gasteiger partial charge in [0.05, 0.1) is 17.4 Å². The molecule has 2 rings (SSSR count). The summed E-state index contributed by atoms with van der Waals surface area (Å²) in [6.07, 6.45) is 4.89. The number of aromatic nitrogens is 4. The summed E-state index contributed by atoms with van der Waals surface area (Å²) in [7, 11) is 0. The maximum absolute atomic E-state index is 5.96. The minimum Gasteiger partial charge on any atom is -0.234 e. The first kappa shape index (κ1) is 8.19. The minimum atomic E-state index is 0.552. The molecule has 0 fully saturated rings. The van der Waals surface area contributed by atoms with Crippen LogP contribution in [0.1, 0.15) is 5.56 Å². The van der Waals surface area contributed by atoms with Gasteiger partial charge in [-0.2, -0.15) is 10.2 Å². The van der Waals surface area contributed by atoms with Crippen molar-refractivity contribution in [3.05, 3.63) is 35.2 Å². The molecule has 0 bridgehead atoms. The Balaban J connectivity index is 2.53. The maximum Gasteiger partial charge on any atom is 0.193 e. The fraction of sp³-hybridized carbons (Fsp3) is 0.125. The molecule has 0 atom stereocenters. The Morgan fingerprint density at radius 2 is 2.00 bits per heavy atom. The molecule has 0 aromatic carbocycles. The monoisotopic (exact) mass is 194 g/mol. The second-order valence-corrected chi connectivity index (χ2v) is 3.04. The van der Waals surface area contributed by atoms with E-state index < -0.39 is 0 Å². The van der Waals surface area contributed by atoms with E-state index >= 15 is 0 Å². The van der Waals surface area contributed by atoms with Gasteiger partial charge in [0, 0.05) is 6.20 Å². The molecule has 13 heavy (non-hydrogen) atoms. The maximum atomic E-state index is 5.96. The third-order valence-corrected chi connectivity index (χ3v) is 1.84. The van der Waals surface area contributed by atoms with Crippen LogP contribution >= 0.6 is 11.6 Å². The number of halogens is 1. The average Bonchev–Trinajstić information content (AvgIpc) is 2.56. The predicted molar refractivity (Wildman–Crippen MR) is 48.9 cm³/mol. The Bertz CT molecular complexity index is 410. The van der Waals surface area contributed by atoms with Crippen molar-refractivity contribution < 1.29 is 0 Å². The molecule has 0 spiro atoms. The normalized spacial score (nSPS) is 10.3. The van der Waals surface area contributed by atoms with Crippen LogP contribution in [0, 0.1) is 6.92 Å². The van der Waals surface area contributed by atoms with Gasteiger partial charge >= 0.3 is 0 Å². The lowest BCUT2D eigenvalue weighted by Crippen LogP contribution is -2.02. The highest BCUT2D eigenvalue weighted by molar-refractivity contribution is 6.32. The van der Waals surface area contributed by atoms with Crippen LogP contribution in [-0.4, -0.2) is 20.0 Å². The summed E-state index contributed by atoms with van der Waals surface area (Å²) in [5.41, 5.74) is 1.01. The smallest absolute Gasteiger partial charge is 0.193 e. The molecular formula is C8H7ClN4. The number of hydrogen-bond acceptors (Lipinski definition) is 3. The van der Waals surface area contributed by atoms with Gasteiger partial charge < -0.3 is 0 Å². The fourth-order valence-corrected chi connectivity index (χ4v) is 1.30. The number of nitrogens with zero attached hydrogens (tertiary/aromatic N) is 4. The zero-order valence-electron chi connectivity index (χ0n) is 6.98. The molecule has 5 heteroatoms. The summed E-state index contributed by atoms with van der Waals surface area (Å²) in [4.78, 5) is 5.52. The summed E-state index contributed by atoms with van der Waals surface area (Å²) in [6, 6.07) is 1.83. The first-order valence-electron chi connectivity index (χ1n) is 3.76. The summed E-state index contributed by atoms with van der Waals surface area (Å²) in [5, 5.41) is 8.42. The van der Waals surface area contributed by atoms with Gasteiger partial charge in [-0.3, -0.25) is 0 Å². The number of aryl methyl sites for hydroxylation is 1. The lowest BCUT2D eigenvalue weighted by Gasteiger charge is -2.01. The van der Waals surface area contributed by atoms with E-state index in [0.717, 1.165) is 5.56 Å². The van der Waals surface area contributed by atoms with Gasteiger partial charge in [0.1, 0.15) is 0 Å². The molecule has 2 aromatic rings. The van der Waals surface area contributed by atoms with E-state index in [-0.39, 0.29) is 0 Å². The Morgan fingerprint density at radius 1 is 1.31 bits per heavy atom. The van der Waals surface area contributed by atoms with Crippen molar-refractivity contribution in [3.8, 4) is 5.82 Å². The quantitative estimate of drug-likeness (QED) is 0.693. The Morgan fingerprint density at radius 3 is 2.62 bits per heavy atom. The molecule has 0 amide bonds. The third-order valence-electron chi connectivity index (χ3n) is 1.57. The molecule has 0 unspecified atom stereocenters. The SMILES string of the molecule is Cc1cnc(-n2nccn2)c(Cl)c1. The van der Waals surface area contributed by atoms with Crippen LogP contribution in [0.4, 0.5) is 0 Å². The van der Waals surface area contributed by atoms with Crippen LogP contribution < -0.4 is 0 Å². The Hall–Kier alpha value is -1.42. The highest BCUT2D eigenvalue weighted by Gasteiger charge is 2.04. The molecule has 0 aliphatic carbocycles. The predicted octanol–water partition coefficient (Wildman–Crippen LogP) is 1.62. The van der Waals surface area contributed by atoms with Crippen molar-refractivity contribution in [3.63, 3.8) is 0 Å². The number of rotatable bonds is 1. The van der Waals surface area contributed by atoms with Gasteiger partial charge in [0.25, 0.3) is 0 Å². The first-order chi connectivity index (χ1) is 6.27. The van der Waals surface area contributed by atoms with Crippen molar-refractivity contribution >= 4 is 11.6 Å². The number of hydrogen-bond donors (Lipinski definition) is 0. The van der Waals surface area contributed by atoms with Gasteiger partial charge in [0.2, 0.25) is 0 Å². The van der Waals surface area contributed by atoms with Crippen LogP contribution in [0.2, 0.25) is 5.02 Å². The van der Waals surface area contributed by atoms with Crippen LogP contribution in [0.15, 0.2) is 24.7 Å². The molecule has 0 radical (unpaired) electrons. The zero-order valence-corrected chi connectivity index (χ0v) is 7.73. The van der Waals surface area contributed by atoms with Crippen molar-refractivity contribution in [2.45, 2.75) is 6.92 Å². The fourth-order valence-electron chi connectivity index (χ4n) is 0.999. The van der Waals surface area contributed by atoms with E-state index in [1.807, 2.05) is 13.0 Å². The lowest BCUT2D eigenvalue weighted by molar-refractivity contribution is 0.729. The topological polar surface area (TPSA) is 43.6 Å². The molecule has 0 N–H and O–H groups in total. The Labute approximate surface area is 80.2 Å². The largest absolute Gasteiger partial charge is 0.234 e. The lowest BCUT2D eigenvalue weighted by atomic mass is 10.3. The molecule has 0 aliphatic heterocycles. The summed E-state index contributed by atoms with van der Waals surface area (Å²) in [5.74, 6) is 0.553. The third kappa shape index (κ3) is 1.53. The van der Waals surface area contributed by atoms with Gasteiger partial charge in [0.15, 0.2) is 5.82 Å². The summed E-state index contributed by atoms with van der Waals surface area (Å²) < 4.78 is 0. The zero-order chi connectivity index (χ0) is 9.26. The van der Waals surface area contributed by atoms with Crippen LogP contribution in [0.5, 0.6) is 0 Å². The van der Waals surface area contributed by atoms with Crippen molar-refractivity contribution in [1.82, 2.24) is 20.0 Å². The van der Waals surface area contributed by atoms with E-state index in [9.17, 15) is 0 Å². The molecule has 66 valence electrons. The second kappa shape index (κ2) is 3.14. The van der Waals surface area contributed by atoms with E-state index in [1.165, 1.54) is 4.80 Å². The Kier molecular flexibility index (Phi) is 1.98. The van der Waals surface area contributed by atoms with Gasteiger partial charge in [-0.1, -0.05) is 11.6 Å². The van der Waals surface area contributed by atoms with E-state index in [1.54, 1.807) is 18.6 Å². The van der Waals surface area contributed by atoms with Crippen LogP contribution in [0.3, 0.4) is 0 Å². The molecule has 0 saturated heterocycles. The minimum absolute atomic E-state index is 0.552. The molecule has 0 aliphatic rings. The molecular weight excluding hydrogens is 188 g/mol.